The van der Waals surface area contributed by atoms with E-state index >= 15 is 0 Å². The lowest BCUT2D eigenvalue weighted by Crippen LogP contribution is -2.24. The van der Waals surface area contributed by atoms with Gasteiger partial charge in [0.15, 0.2) is 6.29 Å². The first kappa shape index (κ1) is 85.5. The van der Waals surface area contributed by atoms with Crippen LogP contribution in [0.2, 0.25) is 0 Å². The van der Waals surface area contributed by atoms with Gasteiger partial charge >= 0.3 is 0 Å². The quantitative estimate of drug-likeness (QED) is 0.0626. The summed E-state index contributed by atoms with van der Waals surface area (Å²) >= 11 is 0. The van der Waals surface area contributed by atoms with E-state index in [-0.39, 0.29) is 72.0 Å². The smallest absolute Gasteiger partial charge is 0.220 e. The summed E-state index contributed by atoms with van der Waals surface area (Å²) < 4.78 is 0. The fraction of sp³-hybridized carbons (Fsp3) is 0.634. The van der Waals surface area contributed by atoms with Crippen LogP contribution in [-0.4, -0.2) is 101 Å². The molecule has 7 rings (SSSR count). The molecule has 0 spiro atoms. The van der Waals surface area contributed by atoms with Gasteiger partial charge in [-0.2, -0.15) is 5.26 Å². The zero-order chi connectivity index (χ0) is 70.3. The van der Waals surface area contributed by atoms with Crippen LogP contribution in [0.4, 0.5) is 29.7 Å². The van der Waals surface area contributed by atoms with Crippen molar-refractivity contribution < 1.29 is 15.0 Å². The molecule has 1 aliphatic rings. The first-order chi connectivity index (χ1) is 41.5. The predicted octanol–water partition coefficient (Wildman–Crippen LogP) is 12.7. The zero-order valence-electron chi connectivity index (χ0n) is 60.4. The molecule has 0 saturated heterocycles. The monoisotopic (exact) mass is 1290 g/mol. The molecule has 0 bridgehead atoms. The van der Waals surface area contributed by atoms with Crippen molar-refractivity contribution in [1.29, 1.82) is 5.26 Å². The average Bonchev–Trinajstić information content (AvgIpc) is 1.75. The van der Waals surface area contributed by atoms with Crippen LogP contribution in [0.5, 0.6) is 0 Å². The van der Waals surface area contributed by atoms with E-state index in [1.807, 2.05) is 103 Å². The summed E-state index contributed by atoms with van der Waals surface area (Å²) in [6, 6.07) is 4.12. The van der Waals surface area contributed by atoms with E-state index in [0.717, 1.165) is 98.7 Å². The Morgan fingerprint density at radius 1 is 0.538 bits per heavy atom. The van der Waals surface area contributed by atoms with Gasteiger partial charge in [0.2, 0.25) is 29.7 Å². The Balaban J connectivity index is 0.00000109. The number of nitriles is 1. The Kier molecular flexibility index (Phi) is 32.3. The van der Waals surface area contributed by atoms with Crippen LogP contribution < -0.4 is 28.7 Å². The molecule has 1 aliphatic carbocycles. The molecule has 0 aliphatic heterocycles. The molecule has 1 saturated carbocycles. The highest BCUT2D eigenvalue weighted by atomic mass is 16.3. The van der Waals surface area contributed by atoms with Gasteiger partial charge in [-0.15, -0.1) is 0 Å². The first-order valence-electron chi connectivity index (χ1n) is 31.3. The highest BCUT2D eigenvalue weighted by Crippen LogP contribution is 2.45. The third kappa shape index (κ3) is 27.2. The normalized spacial score (nSPS) is 12.6. The third-order valence-corrected chi connectivity index (χ3v) is 14.3. The van der Waals surface area contributed by atoms with E-state index in [4.69, 9.17) is 38.9 Å². The van der Waals surface area contributed by atoms with Crippen LogP contribution in [0.3, 0.4) is 0 Å². The van der Waals surface area contributed by atoms with Crippen molar-refractivity contribution in [3.05, 3.63) is 108 Å². The molecule has 518 valence electrons. The van der Waals surface area contributed by atoms with Gasteiger partial charge < -0.3 is 43.8 Å². The summed E-state index contributed by atoms with van der Waals surface area (Å²) in [6.07, 6.45) is 5.58. The van der Waals surface area contributed by atoms with E-state index in [0.29, 0.717) is 60.0 Å². The summed E-state index contributed by atoms with van der Waals surface area (Å²) in [6.45, 7) is 51.9. The lowest BCUT2D eigenvalue weighted by atomic mass is 9.86. The van der Waals surface area contributed by atoms with E-state index in [9.17, 15) is 15.0 Å². The molecule has 1 fully saturated rings. The molecule has 6 aromatic heterocycles. The second-order valence-electron chi connectivity index (χ2n) is 29.9. The summed E-state index contributed by atoms with van der Waals surface area (Å²) in [5, 5.41) is 27.9. The number of rotatable bonds is 10. The van der Waals surface area contributed by atoms with Gasteiger partial charge in [0.1, 0.15) is 5.82 Å². The number of anilines is 5. The van der Waals surface area contributed by atoms with Crippen LogP contribution in [0.25, 0.3) is 0 Å². The molecule has 1 unspecified atom stereocenters. The Morgan fingerprint density at radius 3 is 1.31 bits per heavy atom. The van der Waals surface area contributed by atoms with Crippen molar-refractivity contribution >= 4 is 36.0 Å². The van der Waals surface area contributed by atoms with Crippen LogP contribution in [-0.2, 0) is 58.5 Å². The summed E-state index contributed by atoms with van der Waals surface area (Å²) in [4.78, 5) is 64.0. The van der Waals surface area contributed by atoms with Crippen molar-refractivity contribution in [1.82, 2.24) is 64.7 Å². The molecule has 6 heterocycles. The van der Waals surface area contributed by atoms with Gasteiger partial charge in [0.05, 0.1) is 70.7 Å². The van der Waals surface area contributed by atoms with Crippen molar-refractivity contribution in [2.75, 3.05) is 42.8 Å². The van der Waals surface area contributed by atoms with Gasteiger partial charge in [-0.25, -0.2) is 59.8 Å². The van der Waals surface area contributed by atoms with Crippen molar-refractivity contribution in [2.45, 2.75) is 284 Å². The highest BCUT2D eigenvalue weighted by Gasteiger charge is 2.34. The highest BCUT2D eigenvalue weighted by molar-refractivity contribution is 5.79. The number of aryl methyl sites for hydroxylation is 6. The number of carbonyl (C=O) groups is 1. The fourth-order valence-electron chi connectivity index (χ4n) is 9.73. The Bertz CT molecular complexity index is 3400. The molecule has 1 atom stereocenters. The maximum absolute atomic E-state index is 10.9. The van der Waals surface area contributed by atoms with E-state index in [2.05, 4.69) is 149 Å². The maximum Gasteiger partial charge on any atom is 0.220 e. The van der Waals surface area contributed by atoms with Gasteiger partial charge in [-0.3, -0.25) is 4.79 Å². The number of nitrogens with zero attached hydrogens (tertiary/aromatic N) is 14. The minimum atomic E-state index is -0.321. The third-order valence-electron chi connectivity index (χ3n) is 14.3. The summed E-state index contributed by atoms with van der Waals surface area (Å²) in [7, 11) is 4.04. The lowest BCUT2D eigenvalue weighted by Gasteiger charge is -2.25. The average molecular weight is 1290 g/mol. The van der Waals surface area contributed by atoms with E-state index in [1.165, 1.54) is 18.4 Å². The SMILES string of the molecule is C.C.CCC(O)Cc1c(C)nc(CN(C)C)nc1C(C)(C)C.Cc1cc(C(C)(C)C)nc(N)n1.Cc1nc(N)nc(C(C)(C)C)c1C1CC1.Cc1nc(N)nc(C(C)(C)C)c1C=O.Cc1nc(N)nc(C(C)(C)C)c1CCC#N.Cc1nc(N)nc(C(C)(C)C)c1CO. The molecule has 12 N–H and O–H groups in total. The number of hydrogen-bond acceptors (Lipinski definition) is 22. The number of nitrogen functional groups attached to an aromatic ring is 5. The molecule has 22 heteroatoms. The largest absolute Gasteiger partial charge is 0.393 e. The number of aliphatic hydroxyl groups excluding tert-OH is 2. The molecule has 0 radical (unpaired) electrons. The number of aldehydes is 1. The standard InChI is InChI=1S/C16H29N3O.C12H18N4.C12H19N3.C10H17N3O.C10H15N3O.C9H15N3.2CH4/c1-8-12(20)9-13-11(2)17-14(10-19(6)7)18-15(13)16(3,4)5;1-8-9(6-5-7-13)10(12(2,3)4)16-11(14)15-8;1-7-9(8-5-6-8)10(12(2,3)4)15-11(13)14-7;2*1-6-7(5-14)8(10(2,3)4)13-9(11)12-6;1-6-5-7(9(2,3)4)12-8(10)11-6;;/h12,20H,8-10H2,1-7H3;5-6H2,1-4H3,(H2,14,15,16);8H,5-6H2,1-4H3,(H2,13,14,15);14H,5H2,1-4H3,(H2,11,12,13);5H,1-4H3,(H2,11,12,13);5H,1-4H3,(H2,10,11,12);2*1H4. The predicted molar refractivity (Wildman–Crippen MR) is 383 cm³/mol. The fourth-order valence-corrected chi connectivity index (χ4v) is 9.73. The van der Waals surface area contributed by atoms with E-state index in [1.54, 1.807) is 6.92 Å². The number of aromatic nitrogens is 12. The first-order valence-corrected chi connectivity index (χ1v) is 31.3. The number of aliphatic hydroxyl groups is 2. The number of nitrogens with two attached hydrogens (primary N) is 5. The molecular weight excluding hydrogens is 1170 g/mol. The topological polar surface area (TPSA) is 369 Å². The molecule has 93 heavy (non-hydrogen) atoms. The van der Waals surface area contributed by atoms with Crippen molar-refractivity contribution in [3.8, 4) is 6.07 Å². The van der Waals surface area contributed by atoms with Gasteiger partial charge in [-0.05, 0) is 110 Å². The Morgan fingerprint density at radius 2 is 0.925 bits per heavy atom. The number of hydrogen-bond donors (Lipinski definition) is 7. The molecule has 22 nitrogen and oxygen atoms in total. The van der Waals surface area contributed by atoms with Gasteiger partial charge in [0, 0.05) is 79.4 Å². The minimum absolute atomic E-state index is 0. The molecule has 0 aromatic carbocycles. The minimum Gasteiger partial charge on any atom is -0.393 e. The van der Waals surface area contributed by atoms with E-state index < -0.39 is 0 Å². The van der Waals surface area contributed by atoms with Crippen molar-refractivity contribution in [2.24, 2.45) is 0 Å². The second-order valence-corrected chi connectivity index (χ2v) is 29.9. The summed E-state index contributed by atoms with van der Waals surface area (Å²) in [5.74, 6) is 3.10. The van der Waals surface area contributed by atoms with Crippen LogP contribution in [0, 0.1) is 52.9 Å². The molecule has 6 aromatic rings. The van der Waals surface area contributed by atoms with Gasteiger partial charge in [-0.1, -0.05) is 146 Å². The van der Waals surface area contributed by atoms with Crippen LogP contribution in [0.1, 0.15) is 285 Å². The molecular formula is C71H121N19O3. The number of carbonyl (C=O) groups excluding carboxylic acids is 1. The Labute approximate surface area is 559 Å². The summed E-state index contributed by atoms with van der Waals surface area (Å²) in [5.41, 5.74) is 43.5. The molecule has 0 amide bonds. The van der Waals surface area contributed by atoms with Crippen molar-refractivity contribution in [3.63, 3.8) is 0 Å². The van der Waals surface area contributed by atoms with Crippen LogP contribution in [0.15, 0.2) is 6.07 Å². The lowest BCUT2D eigenvalue weighted by molar-refractivity contribution is 0.111. The second kappa shape index (κ2) is 35.1. The Hall–Kier alpha value is -7.48. The van der Waals surface area contributed by atoms with Gasteiger partial charge in [0.25, 0.3) is 0 Å². The van der Waals surface area contributed by atoms with Crippen LogP contribution >= 0.6 is 0 Å². The maximum atomic E-state index is 10.9. The zero-order valence-corrected chi connectivity index (χ0v) is 60.4.